The average molecular weight is 250 g/mol. The zero-order chi connectivity index (χ0) is 12.8. The fourth-order valence-electron chi connectivity index (χ4n) is 2.35. The summed E-state index contributed by atoms with van der Waals surface area (Å²) in [5, 5.41) is 3.12. The fraction of sp³-hybridized carbons (Fsp3) is 0.692. The van der Waals surface area contributed by atoms with Crippen molar-refractivity contribution in [3.8, 4) is 5.88 Å². The van der Waals surface area contributed by atoms with Crippen molar-refractivity contribution in [3.05, 3.63) is 6.07 Å². The summed E-state index contributed by atoms with van der Waals surface area (Å²) in [5.74, 6) is 2.22. The SMILES string of the molecule is CCNc1cc(OCC2CCCCC2)nc(N)n1. The third-order valence-corrected chi connectivity index (χ3v) is 3.27. The first-order valence-corrected chi connectivity index (χ1v) is 6.79. The third kappa shape index (κ3) is 3.75. The first kappa shape index (κ1) is 12.9. The maximum Gasteiger partial charge on any atom is 0.225 e. The molecule has 1 aliphatic carbocycles. The molecule has 2 rings (SSSR count). The molecule has 0 radical (unpaired) electrons. The van der Waals surface area contributed by atoms with Gasteiger partial charge in [-0.25, -0.2) is 0 Å². The molecule has 0 spiro atoms. The normalized spacial score (nSPS) is 16.5. The van der Waals surface area contributed by atoms with Crippen molar-refractivity contribution >= 4 is 11.8 Å². The number of nitrogens with two attached hydrogens (primary N) is 1. The van der Waals surface area contributed by atoms with Crippen LogP contribution in [-0.2, 0) is 0 Å². The van der Waals surface area contributed by atoms with Gasteiger partial charge < -0.3 is 15.8 Å². The lowest BCUT2D eigenvalue weighted by Gasteiger charge is -2.21. The minimum Gasteiger partial charge on any atom is -0.477 e. The molecule has 1 aromatic heterocycles. The van der Waals surface area contributed by atoms with Crippen molar-refractivity contribution < 1.29 is 4.74 Å². The molecule has 0 atom stereocenters. The Balaban J connectivity index is 1.91. The number of nitrogens with zero attached hydrogens (tertiary/aromatic N) is 2. The number of anilines is 2. The van der Waals surface area contributed by atoms with Crippen molar-refractivity contribution in [2.24, 2.45) is 5.92 Å². The van der Waals surface area contributed by atoms with Gasteiger partial charge in [-0.2, -0.15) is 9.97 Å². The van der Waals surface area contributed by atoms with E-state index < -0.39 is 0 Å². The predicted octanol–water partition coefficient (Wildman–Crippen LogP) is 2.45. The second-order valence-corrected chi connectivity index (χ2v) is 4.79. The molecule has 0 unspecified atom stereocenters. The minimum atomic E-state index is 0.257. The summed E-state index contributed by atoms with van der Waals surface area (Å²) >= 11 is 0. The molecule has 0 saturated heterocycles. The number of hydrogen-bond donors (Lipinski definition) is 2. The molecule has 18 heavy (non-hydrogen) atoms. The van der Waals surface area contributed by atoms with Crippen LogP contribution in [0, 0.1) is 5.92 Å². The molecule has 5 nitrogen and oxygen atoms in total. The van der Waals surface area contributed by atoms with E-state index in [4.69, 9.17) is 10.5 Å². The lowest BCUT2D eigenvalue weighted by Crippen LogP contribution is -2.16. The average Bonchev–Trinajstić information content (AvgIpc) is 2.37. The number of nitrogens with one attached hydrogen (secondary N) is 1. The van der Waals surface area contributed by atoms with Gasteiger partial charge in [0, 0.05) is 12.6 Å². The summed E-state index contributed by atoms with van der Waals surface area (Å²) in [6.45, 7) is 3.56. The standard InChI is InChI=1S/C13H22N4O/c1-2-15-11-8-12(17-13(14)16-11)18-9-10-6-4-3-5-7-10/h8,10H,2-7,9H2,1H3,(H3,14,15,16,17). The van der Waals surface area contributed by atoms with Crippen LogP contribution in [0.4, 0.5) is 11.8 Å². The van der Waals surface area contributed by atoms with Gasteiger partial charge in [-0.3, -0.25) is 0 Å². The molecule has 1 aliphatic rings. The second-order valence-electron chi connectivity index (χ2n) is 4.79. The van der Waals surface area contributed by atoms with Crippen LogP contribution in [0.3, 0.4) is 0 Å². The van der Waals surface area contributed by atoms with Crippen LogP contribution >= 0.6 is 0 Å². The van der Waals surface area contributed by atoms with E-state index in [1.807, 2.05) is 13.0 Å². The molecule has 1 saturated carbocycles. The molecule has 1 fully saturated rings. The van der Waals surface area contributed by atoms with E-state index in [-0.39, 0.29) is 5.95 Å². The van der Waals surface area contributed by atoms with Crippen LogP contribution in [0.15, 0.2) is 6.07 Å². The predicted molar refractivity (Wildman–Crippen MR) is 72.7 cm³/mol. The molecular weight excluding hydrogens is 228 g/mol. The Morgan fingerprint density at radius 2 is 2.11 bits per heavy atom. The van der Waals surface area contributed by atoms with Crippen molar-refractivity contribution in [3.63, 3.8) is 0 Å². The highest BCUT2D eigenvalue weighted by Gasteiger charge is 2.14. The van der Waals surface area contributed by atoms with Gasteiger partial charge in [-0.1, -0.05) is 19.3 Å². The molecule has 0 bridgehead atoms. The molecular formula is C13H22N4O. The lowest BCUT2D eigenvalue weighted by molar-refractivity contribution is 0.203. The van der Waals surface area contributed by atoms with Crippen molar-refractivity contribution in [1.29, 1.82) is 0 Å². The summed E-state index contributed by atoms with van der Waals surface area (Å²) in [7, 11) is 0. The second kappa shape index (κ2) is 6.42. The zero-order valence-electron chi connectivity index (χ0n) is 11.0. The molecule has 3 N–H and O–H groups in total. The highest BCUT2D eigenvalue weighted by molar-refractivity contribution is 5.42. The topological polar surface area (TPSA) is 73.1 Å². The molecule has 0 amide bonds. The summed E-state index contributed by atoms with van der Waals surface area (Å²) < 4.78 is 5.74. The Labute approximate surface area is 108 Å². The summed E-state index contributed by atoms with van der Waals surface area (Å²) in [6.07, 6.45) is 6.54. The number of nitrogen functional groups attached to an aromatic ring is 1. The maximum atomic E-state index is 5.74. The van der Waals surface area contributed by atoms with Gasteiger partial charge in [0.1, 0.15) is 5.82 Å². The summed E-state index contributed by atoms with van der Waals surface area (Å²) in [6, 6.07) is 1.81. The summed E-state index contributed by atoms with van der Waals surface area (Å²) in [4.78, 5) is 8.20. The number of ether oxygens (including phenoxy) is 1. The molecule has 1 heterocycles. The first-order chi connectivity index (χ1) is 8.78. The Bertz CT molecular complexity index is 377. The van der Waals surface area contributed by atoms with Gasteiger partial charge >= 0.3 is 0 Å². The summed E-state index contributed by atoms with van der Waals surface area (Å²) in [5.41, 5.74) is 5.66. The van der Waals surface area contributed by atoms with Crippen LogP contribution in [0.1, 0.15) is 39.0 Å². The van der Waals surface area contributed by atoms with E-state index in [1.165, 1.54) is 32.1 Å². The molecule has 1 aromatic rings. The highest BCUT2D eigenvalue weighted by atomic mass is 16.5. The van der Waals surface area contributed by atoms with Gasteiger partial charge in [0.05, 0.1) is 6.61 Å². The van der Waals surface area contributed by atoms with Gasteiger partial charge in [0.2, 0.25) is 11.8 Å². The third-order valence-electron chi connectivity index (χ3n) is 3.27. The van der Waals surface area contributed by atoms with E-state index in [1.54, 1.807) is 0 Å². The number of rotatable bonds is 5. The zero-order valence-corrected chi connectivity index (χ0v) is 11.0. The van der Waals surface area contributed by atoms with Crippen LogP contribution in [0.25, 0.3) is 0 Å². The van der Waals surface area contributed by atoms with E-state index in [0.717, 1.165) is 19.0 Å². The Kier molecular flexibility index (Phi) is 4.61. The van der Waals surface area contributed by atoms with Crippen LogP contribution in [0.2, 0.25) is 0 Å². The molecule has 0 aromatic carbocycles. The van der Waals surface area contributed by atoms with Gasteiger partial charge in [0.15, 0.2) is 0 Å². The first-order valence-electron chi connectivity index (χ1n) is 6.79. The van der Waals surface area contributed by atoms with Crippen molar-refractivity contribution in [2.45, 2.75) is 39.0 Å². The molecule has 5 heteroatoms. The van der Waals surface area contributed by atoms with Gasteiger partial charge in [-0.05, 0) is 25.7 Å². The van der Waals surface area contributed by atoms with Crippen molar-refractivity contribution in [2.75, 3.05) is 24.2 Å². The van der Waals surface area contributed by atoms with Crippen LogP contribution in [0.5, 0.6) is 5.88 Å². The van der Waals surface area contributed by atoms with Crippen LogP contribution < -0.4 is 15.8 Å². The number of aromatic nitrogens is 2. The largest absolute Gasteiger partial charge is 0.477 e. The maximum absolute atomic E-state index is 5.74. The molecule has 0 aliphatic heterocycles. The Hall–Kier alpha value is -1.52. The van der Waals surface area contributed by atoms with E-state index in [9.17, 15) is 0 Å². The van der Waals surface area contributed by atoms with Gasteiger partial charge in [-0.15, -0.1) is 0 Å². The number of hydrogen-bond acceptors (Lipinski definition) is 5. The lowest BCUT2D eigenvalue weighted by atomic mass is 9.90. The van der Waals surface area contributed by atoms with Crippen LogP contribution in [-0.4, -0.2) is 23.1 Å². The smallest absolute Gasteiger partial charge is 0.225 e. The van der Waals surface area contributed by atoms with E-state index in [2.05, 4.69) is 15.3 Å². The highest BCUT2D eigenvalue weighted by Crippen LogP contribution is 2.24. The fourth-order valence-corrected chi connectivity index (χ4v) is 2.35. The van der Waals surface area contributed by atoms with Gasteiger partial charge in [0.25, 0.3) is 0 Å². The molecule has 100 valence electrons. The van der Waals surface area contributed by atoms with Crippen molar-refractivity contribution in [1.82, 2.24) is 9.97 Å². The van der Waals surface area contributed by atoms with E-state index >= 15 is 0 Å². The Morgan fingerprint density at radius 1 is 1.33 bits per heavy atom. The minimum absolute atomic E-state index is 0.257. The quantitative estimate of drug-likeness (QED) is 0.839. The monoisotopic (exact) mass is 250 g/mol. The van der Waals surface area contributed by atoms with E-state index in [0.29, 0.717) is 11.8 Å². The Morgan fingerprint density at radius 3 is 2.83 bits per heavy atom.